The summed E-state index contributed by atoms with van der Waals surface area (Å²) in [6.45, 7) is -2.90. The molecule has 0 bridgehead atoms. The molecule has 8 rings (SSSR count). The summed E-state index contributed by atoms with van der Waals surface area (Å²) in [5, 5.41) is 4.46. The summed E-state index contributed by atoms with van der Waals surface area (Å²) in [5.74, 6) is -0.149. The van der Waals surface area contributed by atoms with Crippen molar-refractivity contribution in [1.82, 2.24) is 14.5 Å². The number of rotatable bonds is 5. The number of pyridine rings is 1. The van der Waals surface area contributed by atoms with Crippen LogP contribution in [0.5, 0.6) is 0 Å². The van der Waals surface area contributed by atoms with E-state index in [9.17, 15) is 0 Å². The fourth-order valence-electron chi connectivity index (χ4n) is 6.35. The van der Waals surface area contributed by atoms with Crippen LogP contribution in [0.4, 0.5) is 0 Å². The van der Waals surface area contributed by atoms with Crippen molar-refractivity contribution in [2.75, 3.05) is 0 Å². The van der Waals surface area contributed by atoms with Crippen molar-refractivity contribution in [2.24, 2.45) is 0 Å². The van der Waals surface area contributed by atoms with Crippen molar-refractivity contribution in [1.29, 1.82) is 0 Å². The van der Waals surface area contributed by atoms with Crippen molar-refractivity contribution in [3.05, 3.63) is 152 Å². The molecule has 8 aromatic rings. The minimum Gasteiger partial charge on any atom is -0.296 e. The first-order valence-electron chi connectivity index (χ1n) is 16.8. The van der Waals surface area contributed by atoms with Crippen LogP contribution < -0.4 is 0 Å². The molecule has 2 heterocycles. The molecule has 43 heavy (non-hydrogen) atoms. The molecule has 0 radical (unpaired) electrons. The Kier molecular flexibility index (Phi) is 4.91. The molecule has 0 fully saturated rings. The van der Waals surface area contributed by atoms with Gasteiger partial charge in [0.05, 0.1) is 11.0 Å². The van der Waals surface area contributed by atoms with E-state index in [1.54, 1.807) is 16.8 Å². The van der Waals surface area contributed by atoms with E-state index >= 15 is 0 Å². The average molecular weight is 557 g/mol. The van der Waals surface area contributed by atoms with E-state index in [2.05, 4.69) is 88.8 Å². The molecule has 0 amide bonds. The third kappa shape index (κ3) is 4.12. The van der Waals surface area contributed by atoms with Gasteiger partial charge in [0.1, 0.15) is 5.82 Å². The molecule has 0 saturated carbocycles. The molecule has 0 aliphatic rings. The average Bonchev–Trinajstić information content (AvgIpc) is 3.51. The highest BCUT2D eigenvalue weighted by Crippen LogP contribution is 2.46. The number of hydrogen-bond acceptors (Lipinski definition) is 2. The Bertz CT molecular complexity index is 2410. The number of para-hydroxylation sites is 2. The summed E-state index contributed by atoms with van der Waals surface area (Å²) in [5.41, 5.74) is 8.32. The second-order valence-electron chi connectivity index (χ2n) is 10.6. The lowest BCUT2D eigenvalue weighted by molar-refractivity contribution is 0.908. The van der Waals surface area contributed by atoms with E-state index in [0.29, 0.717) is 16.7 Å². The SMILES string of the molecule is [2H]C([2H])([2H])C([2H])([2H])c1nc2ccccc2n1-c1ccc(-c2c3ccccc3c(-c3ccccc3-c3cccnc3)c3ccccc23)cc1. The van der Waals surface area contributed by atoms with Gasteiger partial charge in [-0.1, -0.05) is 110 Å². The third-order valence-corrected chi connectivity index (χ3v) is 8.19. The normalized spacial score (nSPS) is 13.8. The zero-order valence-corrected chi connectivity index (χ0v) is 23.2. The van der Waals surface area contributed by atoms with E-state index in [1.165, 1.54) is 0 Å². The highest BCUT2D eigenvalue weighted by atomic mass is 15.1. The Hall–Kier alpha value is -5.54. The lowest BCUT2D eigenvalue weighted by Crippen LogP contribution is -2.00. The maximum absolute atomic E-state index is 8.58. The van der Waals surface area contributed by atoms with Crippen LogP contribution in [-0.2, 0) is 6.37 Å². The maximum Gasteiger partial charge on any atom is 0.114 e. The van der Waals surface area contributed by atoms with E-state index in [1.807, 2.05) is 54.7 Å². The maximum atomic E-state index is 8.58. The van der Waals surface area contributed by atoms with E-state index in [-0.39, 0.29) is 5.82 Å². The Labute approximate surface area is 257 Å². The number of fused-ring (bicyclic) bond motifs is 3. The minimum absolute atomic E-state index is 0.149. The summed E-state index contributed by atoms with van der Waals surface area (Å²) in [6.07, 6.45) is 1.02. The van der Waals surface area contributed by atoms with Crippen LogP contribution in [0.2, 0.25) is 0 Å². The summed E-state index contributed by atoms with van der Waals surface area (Å²) >= 11 is 0. The summed E-state index contributed by atoms with van der Waals surface area (Å²) in [7, 11) is 0. The van der Waals surface area contributed by atoms with Crippen molar-refractivity contribution in [3.8, 4) is 39.1 Å². The van der Waals surface area contributed by atoms with Crippen LogP contribution in [0, 0.1) is 0 Å². The molecule has 0 N–H and O–H groups in total. The lowest BCUT2D eigenvalue weighted by Gasteiger charge is -2.20. The van der Waals surface area contributed by atoms with Gasteiger partial charge >= 0.3 is 0 Å². The fraction of sp³-hybridized carbons (Fsp3) is 0.0500. The predicted octanol–water partition coefficient (Wildman–Crippen LogP) is 10.3. The Morgan fingerprint density at radius 1 is 0.605 bits per heavy atom. The number of aryl methyl sites for hydroxylation is 1. The minimum atomic E-state index is -2.90. The molecule has 0 spiro atoms. The molecule has 0 aliphatic heterocycles. The van der Waals surface area contributed by atoms with Gasteiger partial charge in [0.25, 0.3) is 0 Å². The molecule has 0 aliphatic carbocycles. The van der Waals surface area contributed by atoms with Gasteiger partial charge in [-0.05, 0) is 79.7 Å². The van der Waals surface area contributed by atoms with Crippen LogP contribution in [0.25, 0.3) is 71.6 Å². The molecule has 2 aromatic heterocycles. The molecule has 3 heteroatoms. The number of imidazole rings is 1. The van der Waals surface area contributed by atoms with Crippen LogP contribution >= 0.6 is 0 Å². The van der Waals surface area contributed by atoms with Crippen molar-refractivity contribution in [3.63, 3.8) is 0 Å². The first kappa shape index (κ1) is 20.4. The van der Waals surface area contributed by atoms with Gasteiger partial charge < -0.3 is 0 Å². The molecule has 3 nitrogen and oxygen atoms in total. The number of benzene rings is 6. The molecular weight excluding hydrogens is 522 g/mol. The molecule has 0 saturated heterocycles. The second-order valence-corrected chi connectivity index (χ2v) is 10.6. The van der Waals surface area contributed by atoms with E-state index < -0.39 is 13.2 Å². The first-order chi connectivity index (χ1) is 23.2. The second kappa shape index (κ2) is 10.4. The highest BCUT2D eigenvalue weighted by molar-refractivity contribution is 6.22. The van der Waals surface area contributed by atoms with Crippen LogP contribution in [0.3, 0.4) is 0 Å². The highest BCUT2D eigenvalue weighted by Gasteiger charge is 2.19. The van der Waals surface area contributed by atoms with Gasteiger partial charge in [-0.15, -0.1) is 0 Å². The van der Waals surface area contributed by atoms with Gasteiger partial charge in [-0.25, -0.2) is 4.98 Å². The van der Waals surface area contributed by atoms with E-state index in [4.69, 9.17) is 6.85 Å². The molecule has 0 unspecified atom stereocenters. The van der Waals surface area contributed by atoms with Crippen LogP contribution in [0.1, 0.15) is 19.5 Å². The van der Waals surface area contributed by atoms with Gasteiger partial charge in [-0.2, -0.15) is 0 Å². The molecule has 204 valence electrons. The largest absolute Gasteiger partial charge is 0.296 e. The first-order valence-corrected chi connectivity index (χ1v) is 14.3. The molecule has 6 aromatic carbocycles. The Morgan fingerprint density at radius 3 is 1.91 bits per heavy atom. The summed E-state index contributed by atoms with van der Waals surface area (Å²) in [6, 6.07) is 44.6. The van der Waals surface area contributed by atoms with Crippen LogP contribution in [-0.4, -0.2) is 14.5 Å². The number of hydrogen-bond donors (Lipinski definition) is 0. The predicted molar refractivity (Wildman–Crippen MR) is 180 cm³/mol. The fourth-order valence-corrected chi connectivity index (χ4v) is 6.35. The Morgan fingerprint density at radius 2 is 1.23 bits per heavy atom. The van der Waals surface area contributed by atoms with Crippen LogP contribution in [0.15, 0.2) is 146 Å². The van der Waals surface area contributed by atoms with E-state index in [0.717, 1.165) is 54.9 Å². The quantitative estimate of drug-likeness (QED) is 0.197. The monoisotopic (exact) mass is 556 g/mol. The zero-order chi connectivity index (χ0) is 33.0. The number of aromatic nitrogens is 3. The summed E-state index contributed by atoms with van der Waals surface area (Å²) < 4.78 is 42.6. The van der Waals surface area contributed by atoms with Gasteiger partial charge in [0, 0.05) is 36.9 Å². The third-order valence-electron chi connectivity index (χ3n) is 8.19. The summed E-state index contributed by atoms with van der Waals surface area (Å²) in [4.78, 5) is 8.87. The van der Waals surface area contributed by atoms with Gasteiger partial charge in [-0.3, -0.25) is 9.55 Å². The standard InChI is InChI=1S/C40H29N3/c1-2-38-42-36-19-9-10-20-37(36)43(38)29-23-21-27(22-24-29)39-32-15-5-7-17-34(32)40(35-18-8-6-16-33(35)39)31-14-4-3-13-30(31)28-12-11-25-41-26-28/h3-26H,2H2,1H3/i1D3,2D2. The lowest BCUT2D eigenvalue weighted by atomic mass is 9.84. The van der Waals surface area contributed by atoms with Gasteiger partial charge in [0.15, 0.2) is 0 Å². The smallest absolute Gasteiger partial charge is 0.114 e. The molecule has 0 atom stereocenters. The van der Waals surface area contributed by atoms with Gasteiger partial charge in [0.2, 0.25) is 0 Å². The Balaban J connectivity index is 1.35. The zero-order valence-electron chi connectivity index (χ0n) is 28.2. The number of nitrogens with zero attached hydrogens (tertiary/aromatic N) is 3. The molecular formula is C40H29N3. The topological polar surface area (TPSA) is 30.7 Å². The van der Waals surface area contributed by atoms with Crippen molar-refractivity contribution < 1.29 is 6.85 Å². The van der Waals surface area contributed by atoms with Crippen molar-refractivity contribution >= 4 is 32.6 Å². The van der Waals surface area contributed by atoms with Crippen molar-refractivity contribution in [2.45, 2.75) is 13.2 Å².